The number of hydrogen-bond acceptors (Lipinski definition) is 5. The lowest BCUT2D eigenvalue weighted by molar-refractivity contribution is -0.150. The number of thiazole rings is 1. The van der Waals surface area contributed by atoms with Crippen molar-refractivity contribution in [3.63, 3.8) is 0 Å². The van der Waals surface area contributed by atoms with Crippen LogP contribution in [0.4, 0.5) is 0 Å². The number of carboxylic acids is 1. The molecule has 4 rings (SSSR count). The molecule has 1 N–H and O–H groups in total. The molecule has 1 fully saturated rings. The van der Waals surface area contributed by atoms with E-state index < -0.39 is 11.4 Å². The van der Waals surface area contributed by atoms with Crippen molar-refractivity contribution in [2.75, 3.05) is 19.7 Å². The second kappa shape index (κ2) is 6.09. The highest BCUT2D eigenvalue weighted by molar-refractivity contribution is 7.13. The SMILES string of the molecule is Cc1nc(C)c(C(=O)N2C[C@H]3COc4ccccc4C[C@@]3(C(=O)O)C2)s1. The van der Waals surface area contributed by atoms with Crippen molar-refractivity contribution in [3.8, 4) is 5.75 Å². The van der Waals surface area contributed by atoms with Gasteiger partial charge in [0.1, 0.15) is 10.6 Å². The molecule has 2 aliphatic heterocycles. The van der Waals surface area contributed by atoms with E-state index in [0.717, 1.165) is 16.3 Å². The second-order valence-corrected chi connectivity index (χ2v) is 8.29. The average Bonchev–Trinajstić information content (AvgIpc) is 3.09. The Morgan fingerprint density at radius 3 is 2.81 bits per heavy atom. The molecule has 0 spiro atoms. The van der Waals surface area contributed by atoms with Gasteiger partial charge in [-0.15, -0.1) is 11.3 Å². The number of likely N-dealkylation sites (tertiary alicyclic amines) is 1. The highest BCUT2D eigenvalue weighted by atomic mass is 32.1. The number of carboxylic acid groups (broad SMARTS) is 1. The quantitative estimate of drug-likeness (QED) is 0.876. The number of aryl methyl sites for hydroxylation is 2. The zero-order chi connectivity index (χ0) is 18.5. The lowest BCUT2D eigenvalue weighted by Gasteiger charge is -2.27. The minimum atomic E-state index is -1.02. The third kappa shape index (κ3) is 2.58. The molecule has 0 radical (unpaired) electrons. The van der Waals surface area contributed by atoms with Gasteiger partial charge < -0.3 is 14.7 Å². The highest BCUT2D eigenvalue weighted by Crippen LogP contribution is 2.44. The molecule has 0 bridgehead atoms. The summed E-state index contributed by atoms with van der Waals surface area (Å²) in [5.41, 5.74) is 0.572. The van der Waals surface area contributed by atoms with Gasteiger partial charge in [0.2, 0.25) is 0 Å². The number of benzene rings is 1. The number of fused-ring (bicyclic) bond motifs is 2. The second-order valence-electron chi connectivity index (χ2n) is 7.09. The van der Waals surface area contributed by atoms with Gasteiger partial charge in [-0.2, -0.15) is 0 Å². The van der Waals surface area contributed by atoms with Crippen molar-refractivity contribution < 1.29 is 19.4 Å². The van der Waals surface area contributed by atoms with E-state index in [1.807, 2.05) is 38.1 Å². The maximum absolute atomic E-state index is 13.0. The number of para-hydroxylation sites is 1. The number of rotatable bonds is 2. The zero-order valence-electron chi connectivity index (χ0n) is 14.7. The Balaban J connectivity index is 1.68. The largest absolute Gasteiger partial charge is 0.493 e. The molecule has 26 heavy (non-hydrogen) atoms. The highest BCUT2D eigenvalue weighted by Gasteiger charge is 2.55. The summed E-state index contributed by atoms with van der Waals surface area (Å²) in [6.07, 6.45) is 0.369. The first-order chi connectivity index (χ1) is 12.4. The standard InChI is InChI=1S/C19H20N2O4S/c1-11-16(26-12(2)20-11)17(22)21-8-14-9-25-15-6-4-3-5-13(15)7-19(14,10-21)18(23)24/h3-6,14H,7-10H2,1-2H3,(H,23,24)/t14-,19+/m0/s1. The molecule has 1 saturated heterocycles. The average molecular weight is 372 g/mol. The van der Waals surface area contributed by atoms with Crippen LogP contribution < -0.4 is 4.74 Å². The fourth-order valence-electron chi connectivity index (χ4n) is 4.05. The number of carbonyl (C=O) groups excluding carboxylic acids is 1. The van der Waals surface area contributed by atoms with Crippen LogP contribution in [-0.4, -0.2) is 46.6 Å². The summed E-state index contributed by atoms with van der Waals surface area (Å²) in [6, 6.07) is 7.55. The minimum absolute atomic E-state index is 0.130. The Morgan fingerprint density at radius 1 is 1.35 bits per heavy atom. The van der Waals surface area contributed by atoms with Gasteiger partial charge in [0.05, 0.1) is 22.7 Å². The van der Waals surface area contributed by atoms with E-state index in [-0.39, 0.29) is 18.4 Å². The summed E-state index contributed by atoms with van der Waals surface area (Å²) >= 11 is 1.36. The van der Waals surface area contributed by atoms with E-state index in [0.29, 0.717) is 30.1 Å². The number of carbonyl (C=O) groups is 2. The van der Waals surface area contributed by atoms with E-state index in [4.69, 9.17) is 4.74 Å². The van der Waals surface area contributed by atoms with Crippen LogP contribution in [0.15, 0.2) is 24.3 Å². The van der Waals surface area contributed by atoms with Gasteiger partial charge in [0.25, 0.3) is 5.91 Å². The molecule has 7 heteroatoms. The topological polar surface area (TPSA) is 79.7 Å². The summed E-state index contributed by atoms with van der Waals surface area (Å²) in [7, 11) is 0. The van der Waals surface area contributed by atoms with Gasteiger partial charge in [-0.1, -0.05) is 18.2 Å². The van der Waals surface area contributed by atoms with Crippen LogP contribution in [-0.2, 0) is 11.2 Å². The minimum Gasteiger partial charge on any atom is -0.493 e. The van der Waals surface area contributed by atoms with Crippen LogP contribution in [0.3, 0.4) is 0 Å². The van der Waals surface area contributed by atoms with Crippen molar-refractivity contribution in [2.45, 2.75) is 20.3 Å². The predicted molar refractivity (Wildman–Crippen MR) is 96.7 cm³/mol. The van der Waals surface area contributed by atoms with Crippen molar-refractivity contribution >= 4 is 23.2 Å². The Hall–Kier alpha value is -2.41. The Bertz CT molecular complexity index is 893. The summed E-state index contributed by atoms with van der Waals surface area (Å²) in [4.78, 5) is 31.9. The van der Waals surface area contributed by atoms with Crippen molar-refractivity contribution in [3.05, 3.63) is 45.4 Å². The van der Waals surface area contributed by atoms with E-state index >= 15 is 0 Å². The molecule has 1 aromatic carbocycles. The molecule has 0 aliphatic carbocycles. The Kier molecular flexibility index (Phi) is 3.99. The lowest BCUT2D eigenvalue weighted by atomic mass is 9.74. The number of amides is 1. The van der Waals surface area contributed by atoms with E-state index in [1.54, 1.807) is 4.90 Å². The zero-order valence-corrected chi connectivity index (χ0v) is 15.5. The fraction of sp³-hybridized carbons (Fsp3) is 0.421. The first kappa shape index (κ1) is 17.0. The summed E-state index contributed by atoms with van der Waals surface area (Å²) in [6.45, 7) is 4.56. The van der Waals surface area contributed by atoms with E-state index in [1.165, 1.54) is 11.3 Å². The smallest absolute Gasteiger partial charge is 0.312 e. The molecule has 0 unspecified atom stereocenters. The molecular formula is C19H20N2O4S. The van der Waals surface area contributed by atoms with Crippen molar-refractivity contribution in [1.82, 2.24) is 9.88 Å². The van der Waals surface area contributed by atoms with Crippen molar-refractivity contribution in [1.29, 1.82) is 0 Å². The molecule has 1 amide bonds. The number of aliphatic carboxylic acids is 1. The number of aromatic nitrogens is 1. The molecule has 6 nitrogen and oxygen atoms in total. The van der Waals surface area contributed by atoms with Crippen LogP contribution in [0.1, 0.15) is 25.9 Å². The molecule has 136 valence electrons. The number of hydrogen-bond donors (Lipinski definition) is 1. The molecule has 1 aromatic heterocycles. The third-order valence-electron chi connectivity index (χ3n) is 5.42. The van der Waals surface area contributed by atoms with E-state index in [2.05, 4.69) is 4.98 Å². The first-order valence-corrected chi connectivity index (χ1v) is 9.40. The molecule has 3 heterocycles. The molecule has 2 aliphatic rings. The van der Waals surface area contributed by atoms with Gasteiger partial charge >= 0.3 is 5.97 Å². The van der Waals surface area contributed by atoms with E-state index in [9.17, 15) is 14.7 Å². The van der Waals surface area contributed by atoms with Gasteiger partial charge in [-0.3, -0.25) is 9.59 Å². The molecule has 2 aromatic rings. The van der Waals surface area contributed by atoms with Crippen LogP contribution in [0, 0.1) is 25.2 Å². The number of nitrogens with zero attached hydrogens (tertiary/aromatic N) is 2. The lowest BCUT2D eigenvalue weighted by Crippen LogP contribution is -2.42. The summed E-state index contributed by atoms with van der Waals surface area (Å²) < 4.78 is 5.89. The van der Waals surface area contributed by atoms with Crippen LogP contribution in [0.2, 0.25) is 0 Å². The maximum Gasteiger partial charge on any atom is 0.312 e. The van der Waals surface area contributed by atoms with Crippen LogP contribution in [0.5, 0.6) is 5.75 Å². The molecule has 2 atom stereocenters. The maximum atomic E-state index is 13.0. The number of ether oxygens (including phenoxy) is 1. The predicted octanol–water partition coefficient (Wildman–Crippen LogP) is 2.54. The fourth-order valence-corrected chi connectivity index (χ4v) is 4.94. The van der Waals surface area contributed by atoms with Crippen molar-refractivity contribution in [2.24, 2.45) is 11.3 Å². The van der Waals surface area contributed by atoms with Gasteiger partial charge in [-0.25, -0.2) is 4.98 Å². The summed E-state index contributed by atoms with van der Waals surface area (Å²) in [5.74, 6) is -0.495. The monoisotopic (exact) mass is 372 g/mol. The van der Waals surface area contributed by atoms with Crippen LogP contribution >= 0.6 is 11.3 Å². The van der Waals surface area contributed by atoms with Gasteiger partial charge in [0, 0.05) is 19.0 Å². The Morgan fingerprint density at radius 2 is 2.12 bits per heavy atom. The van der Waals surface area contributed by atoms with Crippen LogP contribution in [0.25, 0.3) is 0 Å². The summed E-state index contributed by atoms with van der Waals surface area (Å²) in [5, 5.41) is 10.9. The molecule has 0 saturated carbocycles. The van der Waals surface area contributed by atoms with Gasteiger partial charge in [-0.05, 0) is 31.9 Å². The first-order valence-electron chi connectivity index (χ1n) is 8.58. The molecular weight excluding hydrogens is 352 g/mol. The Labute approximate surface area is 155 Å². The van der Waals surface area contributed by atoms with Gasteiger partial charge in [0.15, 0.2) is 0 Å². The normalized spacial score (nSPS) is 24.4. The third-order valence-corrected chi connectivity index (χ3v) is 6.49.